The van der Waals surface area contributed by atoms with Crippen molar-refractivity contribution in [3.05, 3.63) is 102 Å². The number of anilines is 1. The first-order valence-corrected chi connectivity index (χ1v) is 10.3. The minimum absolute atomic E-state index is 0.0243. The summed E-state index contributed by atoms with van der Waals surface area (Å²) in [7, 11) is 1.57. The van der Waals surface area contributed by atoms with E-state index in [9.17, 15) is 14.0 Å². The Labute approximate surface area is 192 Å². The van der Waals surface area contributed by atoms with Crippen LogP contribution in [0.2, 0.25) is 0 Å². The quantitative estimate of drug-likeness (QED) is 0.329. The number of rotatable bonds is 6. The fourth-order valence-electron chi connectivity index (χ4n) is 3.51. The predicted molar refractivity (Wildman–Crippen MR) is 122 cm³/mol. The van der Waals surface area contributed by atoms with Crippen LogP contribution in [-0.2, 0) is 0 Å². The third-order valence-electron chi connectivity index (χ3n) is 5.26. The fourth-order valence-corrected chi connectivity index (χ4v) is 3.51. The average molecular weight is 456 g/mol. The highest BCUT2D eigenvalue weighted by molar-refractivity contribution is 6.18. The van der Waals surface area contributed by atoms with Crippen LogP contribution in [0.3, 0.4) is 0 Å². The number of carbonyl (C=O) groups excluding carboxylic acids is 2. The molecule has 7 nitrogen and oxygen atoms in total. The van der Waals surface area contributed by atoms with Crippen molar-refractivity contribution in [2.24, 2.45) is 0 Å². The van der Waals surface area contributed by atoms with Crippen LogP contribution in [0, 0.1) is 5.82 Å². The number of methoxy groups -OCH3 is 1. The Morgan fingerprint density at radius 3 is 2.44 bits per heavy atom. The molecule has 0 bridgehead atoms. The van der Waals surface area contributed by atoms with Gasteiger partial charge in [-0.2, -0.15) is 0 Å². The van der Waals surface area contributed by atoms with E-state index in [1.807, 2.05) is 0 Å². The monoisotopic (exact) mass is 456 g/mol. The van der Waals surface area contributed by atoms with Gasteiger partial charge in [0.2, 0.25) is 5.78 Å². The summed E-state index contributed by atoms with van der Waals surface area (Å²) in [4.78, 5) is 26.1. The Balaban J connectivity index is 1.47. The number of hydrogen-bond acceptors (Lipinski definition) is 6. The van der Waals surface area contributed by atoms with E-state index in [1.165, 1.54) is 30.3 Å². The molecule has 0 unspecified atom stereocenters. The Kier molecular flexibility index (Phi) is 5.39. The normalized spacial score (nSPS) is 10.9. The van der Waals surface area contributed by atoms with Crippen molar-refractivity contribution in [3.8, 4) is 17.1 Å². The third kappa shape index (κ3) is 3.93. The zero-order chi connectivity index (χ0) is 23.7. The summed E-state index contributed by atoms with van der Waals surface area (Å²) in [5.41, 5.74) is 1.58. The molecule has 5 rings (SSSR count). The van der Waals surface area contributed by atoms with Crippen LogP contribution in [0.1, 0.15) is 26.6 Å². The smallest absolute Gasteiger partial charge is 0.277 e. The molecule has 0 aliphatic carbocycles. The van der Waals surface area contributed by atoms with Crippen molar-refractivity contribution in [1.82, 2.24) is 5.16 Å². The second kappa shape index (κ2) is 8.67. The fraction of sp³-hybridized carbons (Fsp3) is 0.0385. The first-order chi connectivity index (χ1) is 16.5. The summed E-state index contributed by atoms with van der Waals surface area (Å²) in [6.45, 7) is 0. The van der Waals surface area contributed by atoms with E-state index in [4.69, 9.17) is 13.7 Å². The zero-order valence-electron chi connectivity index (χ0n) is 17.9. The van der Waals surface area contributed by atoms with Crippen molar-refractivity contribution >= 4 is 28.3 Å². The number of fused-ring (bicyclic) bond motifs is 1. The second-order valence-electron chi connectivity index (χ2n) is 7.40. The Morgan fingerprint density at radius 2 is 1.71 bits per heavy atom. The molecule has 5 aromatic rings. The molecule has 0 aliphatic heterocycles. The number of para-hydroxylation sites is 1. The van der Waals surface area contributed by atoms with Gasteiger partial charge in [-0.3, -0.25) is 9.59 Å². The van der Waals surface area contributed by atoms with Crippen LogP contribution in [0.4, 0.5) is 10.1 Å². The van der Waals surface area contributed by atoms with Crippen molar-refractivity contribution < 1.29 is 27.7 Å². The number of ether oxygens (including phenoxy) is 1. The van der Waals surface area contributed by atoms with Gasteiger partial charge in [0.05, 0.1) is 12.8 Å². The first-order valence-electron chi connectivity index (χ1n) is 10.3. The lowest BCUT2D eigenvalue weighted by atomic mass is 10.1. The maximum atomic E-state index is 13.3. The number of furan rings is 1. The van der Waals surface area contributed by atoms with Crippen LogP contribution in [-0.4, -0.2) is 24.0 Å². The van der Waals surface area contributed by atoms with E-state index >= 15 is 0 Å². The average Bonchev–Trinajstić information content (AvgIpc) is 3.50. The molecule has 168 valence electrons. The molecule has 34 heavy (non-hydrogen) atoms. The summed E-state index contributed by atoms with van der Waals surface area (Å²) < 4.78 is 29.6. The van der Waals surface area contributed by atoms with E-state index in [1.54, 1.807) is 55.6 Å². The molecule has 1 amide bonds. The van der Waals surface area contributed by atoms with Gasteiger partial charge in [0.15, 0.2) is 17.2 Å². The molecule has 0 fully saturated rings. The van der Waals surface area contributed by atoms with Gasteiger partial charge < -0.3 is 19.0 Å². The molecule has 0 saturated carbocycles. The maximum Gasteiger partial charge on any atom is 0.277 e. The standard InChI is InChI=1S/C26H17FN2O5/c1-32-18-12-8-15(9-13-18)22-14-20(29-34-22)26(31)28-23-19-4-2-3-5-21(19)33-25(23)24(30)16-6-10-17(27)11-7-16/h2-14H,1H3,(H,28,31). The highest BCUT2D eigenvalue weighted by Crippen LogP contribution is 2.33. The summed E-state index contributed by atoms with van der Waals surface area (Å²) in [6.07, 6.45) is 0. The highest BCUT2D eigenvalue weighted by Gasteiger charge is 2.25. The lowest BCUT2D eigenvalue weighted by Gasteiger charge is -2.04. The largest absolute Gasteiger partial charge is 0.497 e. The molecule has 1 N–H and O–H groups in total. The van der Waals surface area contributed by atoms with Gasteiger partial charge in [0.25, 0.3) is 5.91 Å². The van der Waals surface area contributed by atoms with Gasteiger partial charge in [-0.15, -0.1) is 0 Å². The van der Waals surface area contributed by atoms with Crippen LogP contribution >= 0.6 is 0 Å². The van der Waals surface area contributed by atoms with Crippen molar-refractivity contribution in [1.29, 1.82) is 0 Å². The minimum atomic E-state index is -0.580. The maximum absolute atomic E-state index is 13.3. The van der Waals surface area contributed by atoms with Crippen molar-refractivity contribution in [2.75, 3.05) is 12.4 Å². The van der Waals surface area contributed by atoms with E-state index in [0.29, 0.717) is 28.0 Å². The van der Waals surface area contributed by atoms with E-state index in [2.05, 4.69) is 10.5 Å². The molecule has 0 spiro atoms. The van der Waals surface area contributed by atoms with Crippen LogP contribution in [0.15, 0.2) is 87.8 Å². The molecule has 2 heterocycles. The zero-order valence-corrected chi connectivity index (χ0v) is 17.9. The number of carbonyl (C=O) groups is 2. The number of amides is 1. The summed E-state index contributed by atoms with van der Waals surface area (Å²) in [5, 5.41) is 7.13. The molecule has 0 atom stereocenters. The Morgan fingerprint density at radius 1 is 0.971 bits per heavy atom. The molecule has 0 radical (unpaired) electrons. The van der Waals surface area contributed by atoms with Gasteiger partial charge in [0.1, 0.15) is 17.1 Å². The SMILES string of the molecule is COc1ccc(-c2cc(C(=O)Nc3c(C(=O)c4ccc(F)cc4)oc4ccccc34)no2)cc1. The summed E-state index contributed by atoms with van der Waals surface area (Å²) in [5.74, 6) is -0.527. The molecular formula is C26H17FN2O5. The summed E-state index contributed by atoms with van der Waals surface area (Å²) >= 11 is 0. The second-order valence-corrected chi connectivity index (χ2v) is 7.40. The Bertz CT molecular complexity index is 1500. The molecular weight excluding hydrogens is 439 g/mol. The van der Waals surface area contributed by atoms with Gasteiger partial charge in [-0.1, -0.05) is 17.3 Å². The number of nitrogens with zero attached hydrogens (tertiary/aromatic N) is 1. The number of aromatic nitrogens is 1. The lowest BCUT2D eigenvalue weighted by Crippen LogP contribution is -2.14. The van der Waals surface area contributed by atoms with Crippen LogP contribution < -0.4 is 10.1 Å². The molecule has 0 aliphatic rings. The minimum Gasteiger partial charge on any atom is -0.497 e. The van der Waals surface area contributed by atoms with Gasteiger partial charge in [0, 0.05) is 22.6 Å². The molecule has 8 heteroatoms. The van der Waals surface area contributed by atoms with Crippen LogP contribution in [0.5, 0.6) is 5.75 Å². The third-order valence-corrected chi connectivity index (χ3v) is 5.26. The molecule has 3 aromatic carbocycles. The Hall–Kier alpha value is -4.72. The van der Waals surface area contributed by atoms with Crippen LogP contribution in [0.25, 0.3) is 22.3 Å². The van der Waals surface area contributed by atoms with Crippen molar-refractivity contribution in [2.45, 2.75) is 0 Å². The molecule has 0 saturated heterocycles. The highest BCUT2D eigenvalue weighted by atomic mass is 19.1. The number of benzene rings is 3. The number of halogens is 1. The summed E-state index contributed by atoms with van der Waals surface area (Å²) in [6, 6.07) is 20.6. The van der Waals surface area contributed by atoms with Gasteiger partial charge in [-0.25, -0.2) is 4.39 Å². The number of ketones is 1. The van der Waals surface area contributed by atoms with Gasteiger partial charge >= 0.3 is 0 Å². The molecule has 2 aromatic heterocycles. The first kappa shape index (κ1) is 21.1. The van der Waals surface area contributed by atoms with Crippen molar-refractivity contribution in [3.63, 3.8) is 0 Å². The predicted octanol–water partition coefficient (Wildman–Crippen LogP) is 5.72. The number of nitrogens with one attached hydrogen (secondary N) is 1. The van der Waals surface area contributed by atoms with E-state index in [0.717, 1.165) is 0 Å². The lowest BCUT2D eigenvalue weighted by molar-refractivity contribution is 0.101. The van der Waals surface area contributed by atoms with E-state index < -0.39 is 17.5 Å². The topological polar surface area (TPSA) is 94.6 Å². The number of hydrogen-bond donors (Lipinski definition) is 1. The van der Waals surface area contributed by atoms with Gasteiger partial charge in [-0.05, 0) is 60.7 Å². The van der Waals surface area contributed by atoms with E-state index in [-0.39, 0.29) is 22.7 Å².